The standard InChI is InChI=1S/C26H34N4/c1-28(2)22-9-11-26-24(18-22)23-17-20(6-10-25(23)27-26)16-19-4-7-21(8-5-19)30-14-12-29(3)13-15-30/h4-8,10,17,22,27H,9,11-16,18H2,1-3H3. The fraction of sp³-hybridized carbons (Fsp3) is 0.462. The highest BCUT2D eigenvalue weighted by atomic mass is 15.2. The second kappa shape index (κ2) is 8.09. The fourth-order valence-corrected chi connectivity index (χ4v) is 5.12. The van der Waals surface area contributed by atoms with Crippen LogP contribution < -0.4 is 4.90 Å². The first-order chi connectivity index (χ1) is 14.6. The Morgan fingerprint density at radius 3 is 2.43 bits per heavy atom. The first-order valence-corrected chi connectivity index (χ1v) is 11.4. The first kappa shape index (κ1) is 19.7. The van der Waals surface area contributed by atoms with Gasteiger partial charge in [-0.3, -0.25) is 0 Å². The average Bonchev–Trinajstić information content (AvgIpc) is 3.12. The quantitative estimate of drug-likeness (QED) is 0.716. The molecular formula is C26H34N4. The Morgan fingerprint density at radius 1 is 0.967 bits per heavy atom. The summed E-state index contributed by atoms with van der Waals surface area (Å²) in [4.78, 5) is 11.0. The van der Waals surface area contributed by atoms with Crippen LogP contribution in [-0.2, 0) is 19.3 Å². The van der Waals surface area contributed by atoms with Crippen LogP contribution in [0.5, 0.6) is 0 Å². The van der Waals surface area contributed by atoms with Gasteiger partial charge in [0.2, 0.25) is 0 Å². The summed E-state index contributed by atoms with van der Waals surface area (Å²) in [7, 11) is 6.63. The normalized spacial score (nSPS) is 20.1. The molecule has 1 aromatic heterocycles. The molecule has 1 unspecified atom stereocenters. The van der Waals surface area contributed by atoms with Gasteiger partial charge in [-0.25, -0.2) is 0 Å². The smallest absolute Gasteiger partial charge is 0.0459 e. The third-order valence-corrected chi connectivity index (χ3v) is 7.17. The van der Waals surface area contributed by atoms with Gasteiger partial charge in [-0.15, -0.1) is 0 Å². The van der Waals surface area contributed by atoms with Crippen molar-refractivity contribution in [1.29, 1.82) is 0 Å². The van der Waals surface area contributed by atoms with E-state index in [9.17, 15) is 0 Å². The van der Waals surface area contributed by atoms with Gasteiger partial charge in [0.05, 0.1) is 0 Å². The first-order valence-electron chi connectivity index (χ1n) is 11.4. The number of fused-ring (bicyclic) bond motifs is 3. The van der Waals surface area contributed by atoms with Crippen LogP contribution in [0.2, 0.25) is 0 Å². The highest BCUT2D eigenvalue weighted by molar-refractivity contribution is 5.85. The average molecular weight is 403 g/mol. The third kappa shape index (κ3) is 3.86. The van der Waals surface area contributed by atoms with Crippen LogP contribution in [0.1, 0.15) is 28.8 Å². The van der Waals surface area contributed by atoms with Crippen molar-refractivity contribution in [3.63, 3.8) is 0 Å². The van der Waals surface area contributed by atoms with E-state index in [4.69, 9.17) is 0 Å². The number of H-pyrrole nitrogens is 1. The minimum absolute atomic E-state index is 0.655. The van der Waals surface area contributed by atoms with E-state index in [1.165, 1.54) is 39.8 Å². The molecule has 2 heterocycles. The molecule has 1 atom stereocenters. The lowest BCUT2D eigenvalue weighted by Crippen LogP contribution is -2.44. The summed E-state index contributed by atoms with van der Waals surface area (Å²) >= 11 is 0. The molecule has 1 fully saturated rings. The fourth-order valence-electron chi connectivity index (χ4n) is 5.12. The Balaban J connectivity index is 1.34. The number of benzene rings is 2. The number of aromatic amines is 1. The number of nitrogens with zero attached hydrogens (tertiary/aromatic N) is 3. The van der Waals surface area contributed by atoms with E-state index >= 15 is 0 Å². The predicted octanol–water partition coefficient (Wildman–Crippen LogP) is 3.93. The number of rotatable bonds is 4. The van der Waals surface area contributed by atoms with Crippen LogP contribution in [0.15, 0.2) is 42.5 Å². The van der Waals surface area contributed by atoms with Gasteiger partial charge in [-0.05, 0) is 87.8 Å². The second-order valence-corrected chi connectivity index (χ2v) is 9.46. The minimum atomic E-state index is 0.655. The zero-order valence-corrected chi connectivity index (χ0v) is 18.6. The maximum Gasteiger partial charge on any atom is 0.0459 e. The Bertz CT molecular complexity index is 1010. The van der Waals surface area contributed by atoms with E-state index in [0.29, 0.717) is 6.04 Å². The van der Waals surface area contributed by atoms with Crippen LogP contribution in [0, 0.1) is 0 Å². The van der Waals surface area contributed by atoms with Crippen LogP contribution in [-0.4, -0.2) is 68.1 Å². The van der Waals surface area contributed by atoms with Crippen molar-refractivity contribution in [2.75, 3.05) is 52.2 Å². The summed E-state index contributed by atoms with van der Waals surface area (Å²) in [6.07, 6.45) is 4.57. The Morgan fingerprint density at radius 2 is 1.70 bits per heavy atom. The van der Waals surface area contributed by atoms with Gasteiger partial charge in [0.25, 0.3) is 0 Å². The minimum Gasteiger partial charge on any atom is -0.369 e. The van der Waals surface area contributed by atoms with Crippen LogP contribution >= 0.6 is 0 Å². The monoisotopic (exact) mass is 402 g/mol. The van der Waals surface area contributed by atoms with E-state index in [1.54, 1.807) is 5.56 Å². The zero-order chi connectivity index (χ0) is 20.7. The molecule has 3 aromatic rings. The van der Waals surface area contributed by atoms with Gasteiger partial charge in [0.15, 0.2) is 0 Å². The Kier molecular flexibility index (Phi) is 5.30. The molecule has 30 heavy (non-hydrogen) atoms. The number of anilines is 1. The Hall–Kier alpha value is -2.30. The molecule has 0 radical (unpaired) electrons. The highest BCUT2D eigenvalue weighted by Gasteiger charge is 2.23. The molecule has 158 valence electrons. The highest BCUT2D eigenvalue weighted by Crippen LogP contribution is 2.31. The van der Waals surface area contributed by atoms with Crippen molar-refractivity contribution in [2.24, 2.45) is 0 Å². The summed E-state index contributed by atoms with van der Waals surface area (Å²) < 4.78 is 0. The van der Waals surface area contributed by atoms with Crippen molar-refractivity contribution < 1.29 is 0 Å². The molecule has 0 bridgehead atoms. The van der Waals surface area contributed by atoms with Gasteiger partial charge < -0.3 is 19.7 Å². The molecule has 0 amide bonds. The third-order valence-electron chi connectivity index (χ3n) is 7.17. The molecule has 2 aromatic carbocycles. The van der Waals surface area contributed by atoms with Gasteiger partial charge >= 0.3 is 0 Å². The summed E-state index contributed by atoms with van der Waals surface area (Å²) in [5.41, 5.74) is 8.45. The zero-order valence-electron chi connectivity index (χ0n) is 18.6. The Labute approximate surface area is 180 Å². The molecule has 1 N–H and O–H groups in total. The topological polar surface area (TPSA) is 25.5 Å². The predicted molar refractivity (Wildman–Crippen MR) is 127 cm³/mol. The largest absolute Gasteiger partial charge is 0.369 e. The number of likely N-dealkylation sites (N-methyl/N-ethyl adjacent to an activating group) is 2. The molecular weight excluding hydrogens is 368 g/mol. The van der Waals surface area contributed by atoms with Crippen LogP contribution in [0.25, 0.3) is 10.9 Å². The molecule has 4 heteroatoms. The molecule has 1 aliphatic carbocycles. The van der Waals surface area contributed by atoms with Crippen molar-refractivity contribution in [1.82, 2.24) is 14.8 Å². The molecule has 2 aliphatic rings. The molecule has 0 spiro atoms. The molecule has 1 aliphatic heterocycles. The maximum atomic E-state index is 3.69. The van der Waals surface area contributed by atoms with E-state index in [2.05, 4.69) is 83.3 Å². The van der Waals surface area contributed by atoms with Gasteiger partial charge in [-0.2, -0.15) is 0 Å². The van der Waals surface area contributed by atoms with Crippen LogP contribution in [0.4, 0.5) is 5.69 Å². The number of piperazine rings is 1. The number of aryl methyl sites for hydroxylation is 1. The van der Waals surface area contributed by atoms with E-state index in [-0.39, 0.29) is 0 Å². The summed E-state index contributed by atoms with van der Waals surface area (Å²) in [6, 6.07) is 16.9. The lowest BCUT2D eigenvalue weighted by atomic mass is 9.90. The van der Waals surface area contributed by atoms with Crippen molar-refractivity contribution in [3.05, 3.63) is 64.8 Å². The molecule has 5 rings (SSSR count). The SMILES string of the molecule is CN1CCN(c2ccc(Cc3ccc4[nH]c5c(c4c3)CC(N(C)C)CC5)cc2)CC1. The lowest BCUT2D eigenvalue weighted by Gasteiger charge is -2.34. The summed E-state index contributed by atoms with van der Waals surface area (Å²) in [5, 5.41) is 1.43. The van der Waals surface area contributed by atoms with Crippen molar-refractivity contribution in [3.8, 4) is 0 Å². The summed E-state index contributed by atoms with van der Waals surface area (Å²) in [5.74, 6) is 0. The van der Waals surface area contributed by atoms with Crippen LogP contribution in [0.3, 0.4) is 0 Å². The van der Waals surface area contributed by atoms with Gasteiger partial charge in [-0.1, -0.05) is 18.2 Å². The molecule has 0 saturated carbocycles. The number of hydrogen-bond donors (Lipinski definition) is 1. The van der Waals surface area contributed by atoms with Crippen molar-refractivity contribution >= 4 is 16.6 Å². The van der Waals surface area contributed by atoms with Crippen molar-refractivity contribution in [2.45, 2.75) is 31.7 Å². The van der Waals surface area contributed by atoms with Gasteiger partial charge in [0, 0.05) is 54.5 Å². The van der Waals surface area contributed by atoms with Gasteiger partial charge in [0.1, 0.15) is 0 Å². The summed E-state index contributed by atoms with van der Waals surface area (Å²) in [6.45, 7) is 4.55. The van der Waals surface area contributed by atoms with E-state index < -0.39 is 0 Å². The molecule has 1 saturated heterocycles. The molecule has 4 nitrogen and oxygen atoms in total. The number of aromatic nitrogens is 1. The second-order valence-electron chi connectivity index (χ2n) is 9.46. The number of hydrogen-bond acceptors (Lipinski definition) is 3. The lowest BCUT2D eigenvalue weighted by molar-refractivity contribution is 0.268. The van der Waals surface area contributed by atoms with E-state index in [1.807, 2.05) is 0 Å². The van der Waals surface area contributed by atoms with E-state index in [0.717, 1.165) is 45.4 Å². The number of nitrogens with one attached hydrogen (secondary N) is 1. The maximum absolute atomic E-state index is 3.69.